The summed E-state index contributed by atoms with van der Waals surface area (Å²) < 4.78 is 0. The smallest absolute Gasteiger partial charge is 0.875 e. The summed E-state index contributed by atoms with van der Waals surface area (Å²) in [6, 6.07) is 0. The Labute approximate surface area is 412 Å². The average molecular weight is 902 g/mol. The largest absolute Gasteiger partial charge is 2.00 e. The van der Waals surface area contributed by atoms with Crippen LogP contribution in [0.15, 0.2) is 47.3 Å². The summed E-state index contributed by atoms with van der Waals surface area (Å²) >= 11 is 0. The number of rotatable bonds is 6. The summed E-state index contributed by atoms with van der Waals surface area (Å²) in [7, 11) is 0. The molecule has 356 valence electrons. The number of ketones is 4. The van der Waals surface area contributed by atoms with Crippen LogP contribution in [0, 0.1) is 43.3 Å². The molecule has 0 rings (SSSR count). The molecule has 0 aliphatic heterocycles. The molecule has 0 aromatic rings. The van der Waals surface area contributed by atoms with Crippen LogP contribution in [0.2, 0.25) is 0 Å². The van der Waals surface area contributed by atoms with Crippen molar-refractivity contribution in [2.75, 3.05) is 26.2 Å². The van der Waals surface area contributed by atoms with Crippen LogP contribution in [-0.4, -0.2) is 95.4 Å². The predicted octanol–water partition coefficient (Wildman–Crippen LogP) is 4.61. The Bertz CT molecular complexity index is 1190. The first-order valence-electron chi connectivity index (χ1n) is 20.6. The number of carbonyl (C=O) groups excluding carboxylic acids is 4. The van der Waals surface area contributed by atoms with Crippen molar-refractivity contribution in [3.63, 3.8) is 0 Å². The Balaban J connectivity index is -0.0000000975. The molecular formula is C48H92Mg2N4O8. The van der Waals surface area contributed by atoms with Gasteiger partial charge in [-0.2, -0.15) is 0 Å². The van der Waals surface area contributed by atoms with Crippen molar-refractivity contribution >= 4 is 69.2 Å². The van der Waals surface area contributed by atoms with Crippen molar-refractivity contribution in [3.05, 3.63) is 47.3 Å². The molecule has 12 nitrogen and oxygen atoms in total. The van der Waals surface area contributed by atoms with E-state index >= 15 is 0 Å². The molecule has 0 amide bonds. The Morgan fingerprint density at radius 1 is 0.290 bits per heavy atom. The predicted molar refractivity (Wildman–Crippen MR) is 256 cm³/mol. The van der Waals surface area contributed by atoms with Gasteiger partial charge in [0.15, 0.2) is 23.1 Å². The second-order valence-corrected chi connectivity index (χ2v) is 22.6. The summed E-state index contributed by atoms with van der Waals surface area (Å²) in [4.78, 5) is 45.8. The second-order valence-electron chi connectivity index (χ2n) is 22.6. The molecule has 0 fully saturated rings. The summed E-state index contributed by atoms with van der Waals surface area (Å²) in [6.45, 7) is 45.8. The minimum Gasteiger partial charge on any atom is -0.875 e. The van der Waals surface area contributed by atoms with Crippen LogP contribution in [0.1, 0.15) is 166 Å². The summed E-state index contributed by atoms with van der Waals surface area (Å²) in [5.74, 6) is -0.834. The molecule has 0 spiro atoms. The first-order valence-corrected chi connectivity index (χ1v) is 20.6. The number of allylic oxidation sites excluding steroid dienone is 8. The van der Waals surface area contributed by atoms with Crippen molar-refractivity contribution in [2.45, 2.75) is 166 Å². The quantitative estimate of drug-likeness (QED) is 0.162. The van der Waals surface area contributed by atoms with Gasteiger partial charge in [-0.3, -0.25) is 19.2 Å². The Morgan fingerprint density at radius 3 is 0.435 bits per heavy atom. The van der Waals surface area contributed by atoms with E-state index in [0.29, 0.717) is 26.2 Å². The molecule has 0 radical (unpaired) electrons. The van der Waals surface area contributed by atoms with Gasteiger partial charge in [0.1, 0.15) is 0 Å². The zero-order valence-electron chi connectivity index (χ0n) is 44.1. The van der Waals surface area contributed by atoms with Crippen LogP contribution in [0.4, 0.5) is 0 Å². The Hall–Kier alpha value is -1.79. The molecule has 0 saturated heterocycles. The number of nitrogens with two attached hydrogens (primary N) is 4. The fraction of sp³-hybridized carbons (Fsp3) is 0.750. The molecule has 0 atom stereocenters. The monoisotopic (exact) mass is 901 g/mol. The minimum absolute atomic E-state index is 0. The Morgan fingerprint density at radius 2 is 0.387 bits per heavy atom. The van der Waals surface area contributed by atoms with Crippen LogP contribution >= 0.6 is 0 Å². The van der Waals surface area contributed by atoms with Crippen LogP contribution in [-0.2, 0) is 19.2 Å². The van der Waals surface area contributed by atoms with E-state index in [9.17, 15) is 39.6 Å². The first-order chi connectivity index (χ1) is 26.0. The van der Waals surface area contributed by atoms with Gasteiger partial charge in [-0.15, -0.1) is 23.0 Å². The summed E-state index contributed by atoms with van der Waals surface area (Å²) in [6.07, 6.45) is 4.89. The SMILES string of the molecule is CC(C)(C)C(=O)/C=C(\[O-])C(C)(C)C.CC(C)(C)C(=O)/C=C(\[O-])C(C)(C)C.CC(C)(C)C(=O)/C=C(\[O-])C(C)(C)C.CC(C)(C)C(=O)/C=C(\[O-])C(C)(C)C.NCCN.NCCN.[Mg+2].[Mg+2]. The maximum Gasteiger partial charge on any atom is 2.00 e. The van der Waals surface area contributed by atoms with Gasteiger partial charge in [-0.25, -0.2) is 0 Å². The van der Waals surface area contributed by atoms with Crippen molar-refractivity contribution < 1.29 is 39.6 Å². The van der Waals surface area contributed by atoms with Crippen LogP contribution in [0.3, 0.4) is 0 Å². The van der Waals surface area contributed by atoms with Gasteiger partial charge >= 0.3 is 46.1 Å². The standard InChI is InChI=1S/4C11H20O2.2C2H8N2.2Mg/c4*1-10(2,3)8(12)7-9(13)11(4,5)6;2*3-1-2-4;;/h4*7,12H,1-6H3;2*1-4H2;;/q;;;;;;2*+2/p-4/b4*8-7-;;;;. The Kier molecular flexibility index (Phi) is 41.0. The van der Waals surface area contributed by atoms with Gasteiger partial charge in [-0.1, -0.05) is 166 Å². The molecule has 0 aliphatic rings. The maximum absolute atomic E-state index is 11.4. The fourth-order valence-electron chi connectivity index (χ4n) is 2.21. The molecule has 0 bridgehead atoms. The van der Waals surface area contributed by atoms with Gasteiger partial charge in [-0.05, 0) is 46.0 Å². The minimum atomic E-state index is -0.457. The van der Waals surface area contributed by atoms with Gasteiger partial charge in [0, 0.05) is 47.8 Å². The first kappa shape index (κ1) is 77.4. The molecule has 0 unspecified atom stereocenters. The third-order valence-electron chi connectivity index (χ3n) is 7.30. The van der Waals surface area contributed by atoms with Crippen molar-refractivity contribution in [1.29, 1.82) is 0 Å². The van der Waals surface area contributed by atoms with Crippen molar-refractivity contribution in [3.8, 4) is 0 Å². The number of hydrogen-bond acceptors (Lipinski definition) is 12. The van der Waals surface area contributed by atoms with E-state index in [2.05, 4.69) is 0 Å². The molecule has 0 aromatic heterocycles. The molecule has 62 heavy (non-hydrogen) atoms. The fourth-order valence-corrected chi connectivity index (χ4v) is 2.21. The molecule has 14 heteroatoms. The van der Waals surface area contributed by atoms with Crippen LogP contribution < -0.4 is 43.4 Å². The van der Waals surface area contributed by atoms with Gasteiger partial charge in [0.25, 0.3) is 0 Å². The van der Waals surface area contributed by atoms with Crippen molar-refractivity contribution in [2.24, 2.45) is 66.3 Å². The number of carbonyl (C=O) groups is 4. The third-order valence-corrected chi connectivity index (χ3v) is 7.30. The second kappa shape index (κ2) is 32.8. The zero-order valence-corrected chi connectivity index (χ0v) is 47.0. The summed E-state index contributed by atoms with van der Waals surface area (Å²) in [5, 5.41) is 45.8. The molecule has 0 aliphatic carbocycles. The van der Waals surface area contributed by atoms with Gasteiger partial charge < -0.3 is 43.4 Å². The molecule has 0 heterocycles. The average Bonchev–Trinajstić information content (AvgIpc) is 3.02. The van der Waals surface area contributed by atoms with E-state index in [0.717, 1.165) is 0 Å². The van der Waals surface area contributed by atoms with E-state index in [1.54, 1.807) is 0 Å². The summed E-state index contributed by atoms with van der Waals surface area (Å²) in [5.41, 5.74) is 16.0. The van der Waals surface area contributed by atoms with Gasteiger partial charge in [0.2, 0.25) is 0 Å². The third kappa shape index (κ3) is 46.2. The molecule has 0 saturated carbocycles. The molecular weight excluding hydrogens is 809 g/mol. The molecule has 0 aromatic carbocycles. The van der Waals surface area contributed by atoms with E-state index in [-0.39, 0.29) is 92.3 Å². The van der Waals surface area contributed by atoms with E-state index in [1.807, 2.05) is 166 Å². The zero-order chi connectivity index (χ0) is 50.3. The van der Waals surface area contributed by atoms with Crippen LogP contribution in [0.5, 0.6) is 0 Å². The maximum atomic E-state index is 11.4. The van der Waals surface area contributed by atoms with E-state index in [4.69, 9.17) is 22.9 Å². The van der Waals surface area contributed by atoms with E-state index < -0.39 is 43.3 Å². The van der Waals surface area contributed by atoms with Crippen molar-refractivity contribution in [1.82, 2.24) is 0 Å². The molecule has 8 N–H and O–H groups in total. The van der Waals surface area contributed by atoms with Crippen LogP contribution in [0.25, 0.3) is 0 Å². The number of hydrogen-bond donors (Lipinski definition) is 4. The van der Waals surface area contributed by atoms with E-state index in [1.165, 1.54) is 24.3 Å². The normalized spacial score (nSPS) is 13.1. The topological polar surface area (TPSA) is 265 Å². The van der Waals surface area contributed by atoms with Gasteiger partial charge in [0.05, 0.1) is 0 Å².